The average molecular weight is 1450 g/mol. The minimum atomic E-state index is -1.44. The Balaban J connectivity index is 0.000000113. The molecule has 3 heterocycles. The van der Waals surface area contributed by atoms with Crippen LogP contribution >= 0.6 is 34.8 Å². The average Bonchev–Trinajstić information content (AvgIpc) is 0.757. The summed E-state index contributed by atoms with van der Waals surface area (Å²) in [5, 5.41) is 40.9. The van der Waals surface area contributed by atoms with E-state index in [0.29, 0.717) is 40.4 Å². The van der Waals surface area contributed by atoms with Gasteiger partial charge >= 0.3 is 7.12 Å². The summed E-state index contributed by atoms with van der Waals surface area (Å²) in [6.45, 7) is 0. The molecule has 512 valence electrons. The quantitative estimate of drug-likeness (QED) is 0.110. The number of nitrogens with zero attached hydrogens (tertiary/aromatic N) is 9. The smallest absolute Gasteiger partial charge is 0.423 e. The van der Waals surface area contributed by atoms with Crippen molar-refractivity contribution in [3.63, 3.8) is 0 Å². The van der Waals surface area contributed by atoms with Gasteiger partial charge in [0.2, 0.25) is 15.9 Å². The van der Waals surface area contributed by atoms with Crippen molar-refractivity contribution in [1.82, 2.24) is 44.9 Å². The van der Waals surface area contributed by atoms with Gasteiger partial charge in [-0.1, -0.05) is 334 Å². The lowest BCUT2D eigenvalue weighted by Gasteiger charge is -2.12. The Morgan fingerprint density at radius 2 is 0.361 bits per heavy atom. The molecule has 0 saturated heterocycles. The number of rotatable bonds is 8. The van der Waals surface area contributed by atoms with E-state index in [1.165, 1.54) is 86.4 Å². The van der Waals surface area contributed by atoms with Crippen LogP contribution < -0.4 is 5.46 Å². The lowest BCUT2D eigenvalue weighted by molar-refractivity contribution is 0.426. The molecular formula is C93H59BCl3N9O2. The second kappa shape index (κ2) is 30.2. The van der Waals surface area contributed by atoms with Crippen molar-refractivity contribution in [3.8, 4) is 79.5 Å². The SMILES string of the molecule is Clc1nc(-c2ccccc2)nc(-c2ccc3c4ccccc4c4ccccc4c3c2)n1.Clc1nc(Cl)nc(-c2ccccc2)n1.OB(O)c1ccc2c3ccccc3c3ccccc3c2c1.c1ccc(-c2ccc(-c3nc(-c4ccccc4)nc(-c4ccc5c6ccccc6c6ccccc6c5c4)n3)cc2)cc1. The van der Waals surface area contributed by atoms with Gasteiger partial charge in [0.1, 0.15) is 0 Å². The van der Waals surface area contributed by atoms with Crippen molar-refractivity contribution < 1.29 is 10.0 Å². The van der Waals surface area contributed by atoms with E-state index in [1.807, 2.05) is 133 Å². The van der Waals surface area contributed by atoms with Gasteiger partial charge in [-0.2, -0.15) is 24.9 Å². The molecular weight excluding hydrogens is 1390 g/mol. The molecule has 108 heavy (non-hydrogen) atoms. The van der Waals surface area contributed by atoms with E-state index < -0.39 is 7.12 Å². The molecule has 0 amide bonds. The highest BCUT2D eigenvalue weighted by Crippen LogP contribution is 2.41. The van der Waals surface area contributed by atoms with Gasteiger partial charge in [0.15, 0.2) is 34.9 Å². The van der Waals surface area contributed by atoms with Crippen molar-refractivity contribution in [1.29, 1.82) is 0 Å². The van der Waals surface area contributed by atoms with E-state index in [1.54, 1.807) is 6.07 Å². The summed E-state index contributed by atoms with van der Waals surface area (Å²) in [5.41, 5.74) is 8.41. The summed E-state index contributed by atoms with van der Waals surface area (Å²) in [5.74, 6) is 3.59. The first-order chi connectivity index (χ1) is 53.1. The van der Waals surface area contributed by atoms with Crippen LogP contribution in [0.15, 0.2) is 346 Å². The Bertz CT molecular complexity index is 6650. The summed E-state index contributed by atoms with van der Waals surface area (Å²) in [6.07, 6.45) is 0. The standard InChI is InChI=1S/C39H25N3.C27H16ClN3.C18H13BO2.C9H5Cl2N3/c1-3-11-26(12-4-1)27-19-21-29(22-20-27)38-40-37(28-13-5-2-6-14-28)41-39(42-38)30-23-24-35-33-17-8-7-15-31(33)32-16-9-10-18-34(32)36(35)25-30;28-27-30-25(17-8-2-1-3-9-17)29-26(31-27)18-14-15-23-21-12-5-4-10-19(21)20-11-6-7-13-22(20)24(23)16-18;20-19(21)12-9-10-17-15-7-2-1-5-13(15)14-6-3-4-8-16(14)18(17)11-12;10-8-12-7(13-9(11)14-8)6-4-2-1-3-5-6/h1-25H;1-16H;1-11,20-21H;1-5H. The molecule has 15 heteroatoms. The van der Waals surface area contributed by atoms with E-state index in [9.17, 15) is 10.0 Å². The minimum absolute atomic E-state index is 0.101. The fourth-order valence-corrected chi connectivity index (χ4v) is 14.7. The van der Waals surface area contributed by atoms with E-state index in [0.717, 1.165) is 55.1 Å². The maximum absolute atomic E-state index is 9.42. The zero-order valence-corrected chi connectivity index (χ0v) is 59.8. The summed E-state index contributed by atoms with van der Waals surface area (Å²) in [6, 6.07) is 118. The minimum Gasteiger partial charge on any atom is -0.423 e. The Labute approximate surface area is 636 Å². The predicted molar refractivity (Wildman–Crippen MR) is 446 cm³/mol. The maximum Gasteiger partial charge on any atom is 0.488 e. The molecule has 17 aromatic carbocycles. The molecule has 11 nitrogen and oxygen atoms in total. The van der Waals surface area contributed by atoms with Gasteiger partial charge in [0.05, 0.1) is 0 Å². The largest absolute Gasteiger partial charge is 0.488 e. The monoisotopic (exact) mass is 1450 g/mol. The molecule has 0 unspecified atom stereocenters. The first kappa shape index (κ1) is 68.1. The molecule has 0 bridgehead atoms. The van der Waals surface area contributed by atoms with Crippen LogP contribution in [0.3, 0.4) is 0 Å². The topological polar surface area (TPSA) is 156 Å². The summed E-state index contributed by atoms with van der Waals surface area (Å²) in [4.78, 5) is 40.0. The van der Waals surface area contributed by atoms with Crippen molar-refractivity contribution >= 4 is 144 Å². The van der Waals surface area contributed by atoms with E-state index in [2.05, 4.69) is 231 Å². The molecule has 0 aliphatic rings. The zero-order valence-electron chi connectivity index (χ0n) is 57.5. The lowest BCUT2D eigenvalue weighted by Crippen LogP contribution is -2.29. The van der Waals surface area contributed by atoms with Gasteiger partial charge in [0, 0.05) is 33.4 Å². The van der Waals surface area contributed by atoms with Crippen molar-refractivity contribution in [2.24, 2.45) is 0 Å². The number of halogens is 3. The Kier molecular flexibility index (Phi) is 19.0. The molecule has 20 rings (SSSR count). The van der Waals surface area contributed by atoms with Crippen LogP contribution in [0.1, 0.15) is 0 Å². The zero-order chi connectivity index (χ0) is 73.0. The van der Waals surface area contributed by atoms with E-state index in [4.69, 9.17) is 54.7 Å². The van der Waals surface area contributed by atoms with Gasteiger partial charge < -0.3 is 10.0 Å². The molecule has 0 saturated carbocycles. The number of hydrogen-bond acceptors (Lipinski definition) is 11. The number of aromatic nitrogens is 9. The van der Waals surface area contributed by atoms with Crippen molar-refractivity contribution in [2.45, 2.75) is 0 Å². The number of hydrogen-bond donors (Lipinski definition) is 2. The molecule has 3 aromatic heterocycles. The van der Waals surface area contributed by atoms with Crippen LogP contribution in [0.5, 0.6) is 0 Å². The van der Waals surface area contributed by atoms with Crippen LogP contribution in [0, 0.1) is 0 Å². The number of fused-ring (bicyclic) bond motifs is 18. The molecule has 0 aliphatic carbocycles. The van der Waals surface area contributed by atoms with Crippen LogP contribution in [0.4, 0.5) is 0 Å². The van der Waals surface area contributed by atoms with E-state index >= 15 is 0 Å². The van der Waals surface area contributed by atoms with Gasteiger partial charge in [-0.25, -0.2) is 19.9 Å². The second-order valence-corrected chi connectivity index (χ2v) is 26.8. The van der Waals surface area contributed by atoms with E-state index in [-0.39, 0.29) is 15.9 Å². The van der Waals surface area contributed by atoms with Gasteiger partial charge in [0.25, 0.3) is 0 Å². The fraction of sp³-hybridized carbons (Fsp3) is 0. The third-order valence-corrected chi connectivity index (χ3v) is 19.7. The van der Waals surface area contributed by atoms with Crippen molar-refractivity contribution in [2.75, 3.05) is 0 Å². The van der Waals surface area contributed by atoms with Crippen LogP contribution in [0.2, 0.25) is 15.9 Å². The molecule has 2 N–H and O–H groups in total. The third kappa shape index (κ3) is 13.9. The maximum atomic E-state index is 9.42. The molecule has 0 atom stereocenters. The van der Waals surface area contributed by atoms with Crippen molar-refractivity contribution in [3.05, 3.63) is 362 Å². The second-order valence-electron chi connectivity index (χ2n) is 25.8. The number of benzene rings is 17. The molecule has 20 aromatic rings. The van der Waals surface area contributed by atoms with Crippen LogP contribution in [0.25, 0.3) is 176 Å². The summed E-state index contributed by atoms with van der Waals surface area (Å²) in [7, 11) is -1.44. The Morgan fingerprint density at radius 3 is 0.685 bits per heavy atom. The Morgan fingerprint density at radius 1 is 0.167 bits per heavy atom. The highest BCUT2D eigenvalue weighted by molar-refractivity contribution is 6.59. The first-order valence-electron chi connectivity index (χ1n) is 35.0. The lowest BCUT2D eigenvalue weighted by atomic mass is 9.78. The molecule has 0 fully saturated rings. The van der Waals surface area contributed by atoms with Gasteiger partial charge in [-0.15, -0.1) is 0 Å². The fourth-order valence-electron chi connectivity index (χ4n) is 14.2. The first-order valence-corrected chi connectivity index (χ1v) is 36.2. The van der Waals surface area contributed by atoms with Gasteiger partial charge in [-0.3, -0.25) is 0 Å². The summed E-state index contributed by atoms with van der Waals surface area (Å²) < 4.78 is 0. The van der Waals surface area contributed by atoms with Crippen LogP contribution in [-0.4, -0.2) is 62.0 Å². The predicted octanol–water partition coefficient (Wildman–Crippen LogP) is 23.0. The molecule has 0 spiro atoms. The Hall–Kier alpha value is -13.0. The highest BCUT2D eigenvalue weighted by atomic mass is 35.5. The molecule has 0 aliphatic heterocycles. The normalized spacial score (nSPS) is 11.2. The molecule has 0 radical (unpaired) electrons. The summed E-state index contributed by atoms with van der Waals surface area (Å²) >= 11 is 17.6. The van der Waals surface area contributed by atoms with Gasteiger partial charge in [-0.05, 0) is 160 Å². The third-order valence-electron chi connectivity index (χ3n) is 19.2. The van der Waals surface area contributed by atoms with Crippen LogP contribution in [-0.2, 0) is 0 Å². The highest BCUT2D eigenvalue weighted by Gasteiger charge is 2.19.